The van der Waals surface area contributed by atoms with E-state index in [1.54, 1.807) is 0 Å². The molecule has 0 aliphatic carbocycles. The molecule has 0 aliphatic rings. The number of allylic oxidation sites excluding steroid dienone is 1. The van der Waals surface area contributed by atoms with Crippen molar-refractivity contribution in [2.75, 3.05) is 0 Å². The van der Waals surface area contributed by atoms with Crippen LogP contribution in [0.2, 0.25) is 0 Å². The molecule has 6 nitrogen and oxygen atoms in total. The van der Waals surface area contributed by atoms with Crippen molar-refractivity contribution in [2.24, 2.45) is 7.05 Å². The van der Waals surface area contributed by atoms with Gasteiger partial charge in [-0.25, -0.2) is 24.6 Å². The number of nitriles is 2. The largest absolute Gasteiger partial charge is 0.696 e. The van der Waals surface area contributed by atoms with Gasteiger partial charge in [-0.3, -0.25) is 4.98 Å². The fourth-order valence-electron chi connectivity index (χ4n) is 1.37. The zero-order chi connectivity index (χ0) is 17.2. The van der Waals surface area contributed by atoms with Gasteiger partial charge in [0.2, 0.25) is 6.33 Å². The summed E-state index contributed by atoms with van der Waals surface area (Å²) < 4.78 is 4.09. The summed E-state index contributed by atoms with van der Waals surface area (Å²) in [6.45, 7) is 6.61. The summed E-state index contributed by atoms with van der Waals surface area (Å²) in [6.07, 6.45) is 12.6. The molecule has 0 fully saturated rings. The van der Waals surface area contributed by atoms with Crippen LogP contribution in [-0.2, 0) is 45.3 Å². The Labute approximate surface area is 142 Å². The molecule has 2 rings (SSSR count). The van der Waals surface area contributed by atoms with Crippen LogP contribution in [0, 0.1) is 21.3 Å². The van der Waals surface area contributed by atoms with E-state index in [1.807, 2.05) is 48.8 Å². The first-order valence-corrected chi connectivity index (χ1v) is 7.09. The summed E-state index contributed by atoms with van der Waals surface area (Å²) >= 11 is 7.40. The molecule has 118 valence electrons. The molecule has 2 aromatic heterocycles. The van der Waals surface area contributed by atoms with Crippen molar-refractivity contribution in [1.82, 2.24) is 9.97 Å². The number of nitrogens with zero attached hydrogens (tertiary/aromatic N) is 4. The van der Waals surface area contributed by atoms with Gasteiger partial charge in [0.1, 0.15) is 31.3 Å². The van der Waals surface area contributed by atoms with Crippen LogP contribution >= 0.6 is 0 Å². The number of aromatic amines is 2. The first kappa shape index (κ1) is 21.9. The third-order valence-electron chi connectivity index (χ3n) is 2.25. The minimum atomic E-state index is 0.878. The maximum atomic E-state index is 7.13. The van der Waals surface area contributed by atoms with E-state index in [4.69, 9.17) is 10.5 Å². The molecular weight excluding hydrogens is 316 g/mol. The number of hydrogen-bond acceptors (Lipinski definition) is 4. The quantitative estimate of drug-likeness (QED) is 0.378. The second-order valence-electron chi connectivity index (χ2n) is 3.65. The lowest BCUT2D eigenvalue weighted by atomic mass is 10.5. The summed E-state index contributed by atoms with van der Waals surface area (Å²) in [5.41, 5.74) is 0. The predicted octanol–water partition coefficient (Wildman–Crippen LogP) is 0.919. The molecule has 0 unspecified atom stereocenters. The van der Waals surface area contributed by atoms with Crippen LogP contribution in [-0.4, -0.2) is 9.97 Å². The second kappa shape index (κ2) is 16.6. The lowest BCUT2D eigenvalue weighted by molar-refractivity contribution is -0.685. The fourth-order valence-corrected chi connectivity index (χ4v) is 1.37. The summed E-state index contributed by atoms with van der Waals surface area (Å²) in [5.74, 6) is 1.27. The topological polar surface area (TPSA) is 86.9 Å². The molecule has 0 radical (unpaired) electrons. The van der Waals surface area contributed by atoms with Crippen molar-refractivity contribution in [3.05, 3.63) is 49.6 Å². The SMILES string of the molecule is C=CC[n+]1cc[nH]c1.CCc1[nH]cc[n+]1C.N#C[S-].N#C[S-]. The Morgan fingerprint density at radius 2 is 1.86 bits per heavy atom. The monoisotopic (exact) mass is 336 g/mol. The minimum absolute atomic E-state index is 0.878. The second-order valence-corrected chi connectivity index (χ2v) is 4.02. The van der Waals surface area contributed by atoms with E-state index in [1.165, 1.54) is 16.6 Å². The van der Waals surface area contributed by atoms with E-state index >= 15 is 0 Å². The first-order valence-electron chi connectivity index (χ1n) is 6.28. The molecule has 2 aromatic rings. The van der Waals surface area contributed by atoms with Gasteiger partial charge in [0.15, 0.2) is 0 Å². The van der Waals surface area contributed by atoms with Crippen LogP contribution < -0.4 is 9.13 Å². The van der Waals surface area contributed by atoms with Gasteiger partial charge in [-0.05, 0) is 0 Å². The van der Waals surface area contributed by atoms with E-state index in [0.717, 1.165) is 13.0 Å². The molecule has 0 aliphatic heterocycles. The predicted molar refractivity (Wildman–Crippen MR) is 88.5 cm³/mol. The summed E-state index contributed by atoms with van der Waals surface area (Å²) in [6, 6.07) is 0. The van der Waals surface area contributed by atoms with Crippen LogP contribution in [0.5, 0.6) is 0 Å². The number of rotatable bonds is 3. The van der Waals surface area contributed by atoms with Crippen molar-refractivity contribution < 1.29 is 9.13 Å². The lowest BCUT2D eigenvalue weighted by Crippen LogP contribution is -2.29. The van der Waals surface area contributed by atoms with Crippen molar-refractivity contribution in [1.29, 1.82) is 10.5 Å². The fraction of sp³-hybridized carbons (Fsp3) is 0.286. The van der Waals surface area contributed by atoms with E-state index in [9.17, 15) is 0 Å². The molecule has 0 bridgehead atoms. The van der Waals surface area contributed by atoms with Gasteiger partial charge in [0, 0.05) is 6.42 Å². The number of aromatic nitrogens is 4. The van der Waals surface area contributed by atoms with Crippen LogP contribution in [0.4, 0.5) is 0 Å². The van der Waals surface area contributed by atoms with Crippen molar-refractivity contribution in [3.8, 4) is 10.8 Å². The smallest absolute Gasteiger partial charge is 0.253 e. The first-order chi connectivity index (χ1) is 10.6. The van der Waals surface area contributed by atoms with Crippen molar-refractivity contribution in [2.45, 2.75) is 19.9 Å². The zero-order valence-electron chi connectivity index (χ0n) is 12.7. The van der Waals surface area contributed by atoms with Crippen LogP contribution in [0.1, 0.15) is 12.7 Å². The average Bonchev–Trinajstić information content (AvgIpc) is 3.13. The Balaban J connectivity index is 0. The van der Waals surface area contributed by atoms with Gasteiger partial charge in [-0.15, -0.1) is 0 Å². The zero-order valence-corrected chi connectivity index (χ0v) is 14.3. The molecule has 0 atom stereocenters. The Morgan fingerprint density at radius 3 is 2.14 bits per heavy atom. The maximum Gasteiger partial charge on any atom is 0.253 e. The highest BCUT2D eigenvalue weighted by Gasteiger charge is 1.99. The van der Waals surface area contributed by atoms with Crippen molar-refractivity contribution in [3.63, 3.8) is 0 Å². The van der Waals surface area contributed by atoms with Crippen LogP contribution in [0.15, 0.2) is 43.8 Å². The molecule has 0 aromatic carbocycles. The van der Waals surface area contributed by atoms with Gasteiger partial charge < -0.3 is 25.3 Å². The summed E-state index contributed by atoms with van der Waals surface area (Å²) in [5, 5.41) is 16.9. The molecule has 0 amide bonds. The molecule has 2 heterocycles. The van der Waals surface area contributed by atoms with Crippen LogP contribution in [0.25, 0.3) is 0 Å². The highest BCUT2D eigenvalue weighted by Crippen LogP contribution is 1.82. The molecule has 0 saturated heterocycles. The molecule has 2 N–H and O–H groups in total. The maximum absolute atomic E-state index is 7.13. The number of imidazole rings is 2. The number of aryl methyl sites for hydroxylation is 2. The van der Waals surface area contributed by atoms with Crippen LogP contribution in [0.3, 0.4) is 0 Å². The van der Waals surface area contributed by atoms with E-state index < -0.39 is 0 Å². The molecule has 22 heavy (non-hydrogen) atoms. The van der Waals surface area contributed by atoms with Gasteiger partial charge in [-0.1, -0.05) is 30.4 Å². The molecule has 0 spiro atoms. The molecule has 8 heteroatoms. The minimum Gasteiger partial charge on any atom is -0.696 e. The Morgan fingerprint density at radius 1 is 1.27 bits per heavy atom. The number of hydrogen-bond donors (Lipinski definition) is 2. The molecular formula is C14H20N6S2. The molecule has 0 saturated carbocycles. The highest BCUT2D eigenvalue weighted by molar-refractivity contribution is 7.64. The van der Waals surface area contributed by atoms with Crippen molar-refractivity contribution >= 4 is 25.3 Å². The normalized spacial score (nSPS) is 7.45. The Bertz CT molecular complexity index is 551. The number of H-pyrrole nitrogens is 2. The average molecular weight is 336 g/mol. The number of thiocyanates is 2. The van der Waals surface area contributed by atoms with E-state index in [2.05, 4.69) is 53.3 Å². The van der Waals surface area contributed by atoms with Gasteiger partial charge >= 0.3 is 0 Å². The lowest BCUT2D eigenvalue weighted by Gasteiger charge is -1.83. The Kier molecular flexibility index (Phi) is 16.5. The van der Waals surface area contributed by atoms with Gasteiger partial charge in [0.25, 0.3) is 5.82 Å². The van der Waals surface area contributed by atoms with E-state index in [-0.39, 0.29) is 0 Å². The standard InChI is InChI=1S/C6H10N2.C6H8N2.2CHNS/c1-3-6-7-4-5-8(6)2;1-2-4-8-5-3-7-6-8;2*2-1-3/h4-5H,3H2,1-2H3;2-3,5-6H,1,4H2;2*3H. The third-order valence-corrected chi connectivity index (χ3v) is 2.25. The highest BCUT2D eigenvalue weighted by atomic mass is 32.1. The summed E-state index contributed by atoms with van der Waals surface area (Å²) in [7, 11) is 2.04. The van der Waals surface area contributed by atoms with E-state index in [0.29, 0.717) is 0 Å². The third kappa shape index (κ3) is 12.6. The summed E-state index contributed by atoms with van der Waals surface area (Å²) in [4.78, 5) is 6.05. The Hall–Kier alpha value is -2.42. The van der Waals surface area contributed by atoms with Gasteiger partial charge in [0.05, 0.1) is 7.05 Å². The van der Waals surface area contributed by atoms with Gasteiger partial charge in [-0.2, -0.15) is 0 Å². The number of nitrogens with one attached hydrogen (secondary N) is 2.